The van der Waals surface area contributed by atoms with Crippen LogP contribution in [0.25, 0.3) is 0 Å². The van der Waals surface area contributed by atoms with E-state index in [1.165, 1.54) is 4.31 Å². The number of hydrogen-bond acceptors (Lipinski definition) is 4. The lowest BCUT2D eigenvalue weighted by Gasteiger charge is -2.32. The van der Waals surface area contributed by atoms with Gasteiger partial charge in [0.15, 0.2) is 0 Å². The number of sulfonamides is 1. The second-order valence-electron chi connectivity index (χ2n) is 5.08. The minimum atomic E-state index is -3.47. The first kappa shape index (κ1) is 15.0. The predicted octanol–water partition coefficient (Wildman–Crippen LogP) is 2.25. The van der Waals surface area contributed by atoms with Crippen LogP contribution in [0.3, 0.4) is 0 Å². The van der Waals surface area contributed by atoms with E-state index < -0.39 is 10.0 Å². The first-order valence-corrected chi connectivity index (χ1v) is 8.21. The molecule has 0 spiro atoms. The van der Waals surface area contributed by atoms with Crippen molar-refractivity contribution < 1.29 is 13.6 Å². The molecule has 0 bridgehead atoms. The Kier molecular flexibility index (Phi) is 4.45. The van der Waals surface area contributed by atoms with Crippen LogP contribution in [0.15, 0.2) is 34.3 Å². The summed E-state index contributed by atoms with van der Waals surface area (Å²) in [5.41, 5.74) is 1.45. The van der Waals surface area contributed by atoms with Crippen LogP contribution in [0.1, 0.15) is 25.3 Å². The van der Waals surface area contributed by atoms with Gasteiger partial charge in [0.05, 0.1) is 10.6 Å². The van der Waals surface area contributed by atoms with Gasteiger partial charge in [-0.25, -0.2) is 8.42 Å². The number of piperidine rings is 1. The van der Waals surface area contributed by atoms with Gasteiger partial charge in [-0.05, 0) is 25.0 Å². The number of benzene rings is 1. The van der Waals surface area contributed by atoms with Crippen LogP contribution in [0.4, 0.5) is 0 Å². The van der Waals surface area contributed by atoms with Gasteiger partial charge in [-0.1, -0.05) is 30.3 Å². The fraction of sp³-hybridized carbons (Fsp3) is 0.500. The lowest BCUT2D eigenvalue weighted by molar-refractivity contribution is 0.295. The van der Waals surface area contributed by atoms with Gasteiger partial charge < -0.3 is 5.21 Å². The van der Waals surface area contributed by atoms with Gasteiger partial charge in [-0.2, -0.15) is 4.31 Å². The van der Waals surface area contributed by atoms with Crippen LogP contribution < -0.4 is 0 Å². The van der Waals surface area contributed by atoms with Gasteiger partial charge in [-0.15, -0.1) is 0 Å². The molecule has 1 unspecified atom stereocenters. The van der Waals surface area contributed by atoms with Crippen LogP contribution in [0, 0.1) is 12.8 Å². The molecule has 0 amide bonds. The average molecular weight is 296 g/mol. The summed E-state index contributed by atoms with van der Waals surface area (Å²) < 4.78 is 26.9. The molecule has 1 saturated heterocycles. The normalized spacial score (nSPS) is 23.1. The third-order valence-corrected chi connectivity index (χ3v) is 5.87. The van der Waals surface area contributed by atoms with E-state index in [1.54, 1.807) is 25.1 Å². The molecule has 1 aliphatic heterocycles. The molecule has 20 heavy (non-hydrogen) atoms. The van der Waals surface area contributed by atoms with Gasteiger partial charge >= 0.3 is 0 Å². The number of aryl methyl sites for hydroxylation is 1. The second-order valence-corrected chi connectivity index (χ2v) is 6.98. The first-order valence-electron chi connectivity index (χ1n) is 6.77. The molecule has 1 aliphatic rings. The summed E-state index contributed by atoms with van der Waals surface area (Å²) in [6.07, 6.45) is 1.25. The van der Waals surface area contributed by atoms with Crippen molar-refractivity contribution in [2.75, 3.05) is 13.1 Å². The number of rotatable bonds is 3. The molecule has 1 N–H and O–H groups in total. The molecular weight excluding hydrogens is 276 g/mol. The Morgan fingerprint density at radius 2 is 2.10 bits per heavy atom. The van der Waals surface area contributed by atoms with Crippen molar-refractivity contribution in [3.63, 3.8) is 0 Å². The van der Waals surface area contributed by atoms with E-state index in [0.29, 0.717) is 30.1 Å². The topological polar surface area (TPSA) is 70.0 Å². The van der Waals surface area contributed by atoms with Crippen LogP contribution >= 0.6 is 0 Å². The summed E-state index contributed by atoms with van der Waals surface area (Å²) in [6, 6.07) is 7.01. The molecule has 1 aromatic carbocycles. The van der Waals surface area contributed by atoms with Crippen molar-refractivity contribution >= 4 is 15.7 Å². The lowest BCUT2D eigenvalue weighted by Crippen LogP contribution is -2.44. The van der Waals surface area contributed by atoms with Crippen molar-refractivity contribution in [3.05, 3.63) is 29.8 Å². The van der Waals surface area contributed by atoms with E-state index in [0.717, 1.165) is 12.0 Å². The van der Waals surface area contributed by atoms with Gasteiger partial charge in [0.2, 0.25) is 10.0 Å². The minimum Gasteiger partial charge on any atom is -0.411 e. The summed E-state index contributed by atoms with van der Waals surface area (Å²) in [5.74, 6) is -0.00690. The largest absolute Gasteiger partial charge is 0.411 e. The molecule has 0 aromatic heterocycles. The fourth-order valence-electron chi connectivity index (χ4n) is 2.59. The van der Waals surface area contributed by atoms with E-state index in [2.05, 4.69) is 5.16 Å². The summed E-state index contributed by atoms with van der Waals surface area (Å²) in [6.45, 7) is 4.52. The molecular formula is C14H20N2O3S. The summed E-state index contributed by atoms with van der Waals surface area (Å²) in [4.78, 5) is 0.360. The molecule has 1 fully saturated rings. The highest BCUT2D eigenvalue weighted by molar-refractivity contribution is 7.89. The zero-order chi connectivity index (χ0) is 14.8. The fourth-order valence-corrected chi connectivity index (χ4v) is 4.30. The van der Waals surface area contributed by atoms with Crippen LogP contribution in [0.2, 0.25) is 0 Å². The van der Waals surface area contributed by atoms with E-state index in [9.17, 15) is 8.42 Å². The molecule has 0 radical (unpaired) electrons. The third kappa shape index (κ3) is 2.71. The lowest BCUT2D eigenvalue weighted by atomic mass is 9.95. The van der Waals surface area contributed by atoms with Gasteiger partial charge in [-0.3, -0.25) is 0 Å². The molecule has 1 aromatic rings. The van der Waals surface area contributed by atoms with Crippen LogP contribution in [-0.4, -0.2) is 36.7 Å². The maximum Gasteiger partial charge on any atom is 0.243 e. The van der Waals surface area contributed by atoms with Crippen LogP contribution in [-0.2, 0) is 10.0 Å². The molecule has 1 heterocycles. The summed E-state index contributed by atoms with van der Waals surface area (Å²) in [7, 11) is -3.47. The van der Waals surface area contributed by atoms with Crippen molar-refractivity contribution in [1.29, 1.82) is 0 Å². The summed E-state index contributed by atoms with van der Waals surface area (Å²) >= 11 is 0. The van der Waals surface area contributed by atoms with Crippen molar-refractivity contribution in [3.8, 4) is 0 Å². The van der Waals surface area contributed by atoms with E-state index >= 15 is 0 Å². The Morgan fingerprint density at radius 1 is 1.40 bits per heavy atom. The van der Waals surface area contributed by atoms with E-state index in [-0.39, 0.29) is 5.92 Å². The monoisotopic (exact) mass is 296 g/mol. The van der Waals surface area contributed by atoms with E-state index in [4.69, 9.17) is 5.21 Å². The number of nitrogens with zero attached hydrogens (tertiary/aromatic N) is 2. The first-order chi connectivity index (χ1) is 9.50. The van der Waals surface area contributed by atoms with Gasteiger partial charge in [0.1, 0.15) is 0 Å². The molecule has 110 valence electrons. The predicted molar refractivity (Wildman–Crippen MR) is 77.6 cm³/mol. The van der Waals surface area contributed by atoms with Crippen molar-refractivity contribution in [2.45, 2.75) is 31.6 Å². The molecule has 5 nitrogen and oxygen atoms in total. The smallest absolute Gasteiger partial charge is 0.243 e. The molecule has 1 atom stereocenters. The second kappa shape index (κ2) is 5.93. The highest BCUT2D eigenvalue weighted by Crippen LogP contribution is 2.25. The zero-order valence-electron chi connectivity index (χ0n) is 11.8. The molecule has 6 heteroatoms. The Morgan fingerprint density at radius 3 is 2.70 bits per heavy atom. The summed E-state index contributed by atoms with van der Waals surface area (Å²) in [5, 5.41) is 12.3. The Hall–Kier alpha value is -1.40. The molecule has 0 saturated carbocycles. The zero-order valence-corrected chi connectivity index (χ0v) is 12.6. The average Bonchev–Trinajstić information content (AvgIpc) is 2.46. The van der Waals surface area contributed by atoms with E-state index in [1.807, 2.05) is 13.0 Å². The Balaban J connectivity index is 2.30. The highest BCUT2D eigenvalue weighted by Gasteiger charge is 2.33. The van der Waals surface area contributed by atoms with Crippen LogP contribution in [0.5, 0.6) is 0 Å². The standard InChI is InChI=1S/C14H20N2O3S/c1-3-12-10-16(9-8-13(12)15-17)20(18,19)14-7-5-4-6-11(14)2/h4-7,12,17H,3,8-10H2,1-2H3/b15-13+. The maximum absolute atomic E-state index is 12.7. The Bertz CT molecular complexity index is 611. The van der Waals surface area contributed by atoms with Gasteiger partial charge in [0, 0.05) is 25.4 Å². The molecule has 0 aliphatic carbocycles. The SMILES string of the molecule is CCC1CN(S(=O)(=O)c2ccccc2C)CC/C1=N\O. The minimum absolute atomic E-state index is 0.00690. The maximum atomic E-state index is 12.7. The Labute approximate surface area is 120 Å². The third-order valence-electron chi connectivity index (χ3n) is 3.85. The number of oxime groups is 1. The van der Waals surface area contributed by atoms with Crippen molar-refractivity contribution in [2.24, 2.45) is 11.1 Å². The highest BCUT2D eigenvalue weighted by atomic mass is 32.2. The molecule has 2 rings (SSSR count). The van der Waals surface area contributed by atoms with Crippen molar-refractivity contribution in [1.82, 2.24) is 4.31 Å². The van der Waals surface area contributed by atoms with Gasteiger partial charge in [0.25, 0.3) is 0 Å². The quantitative estimate of drug-likeness (QED) is 0.687. The number of hydrogen-bond donors (Lipinski definition) is 1.